The number of rotatable bonds is 40. The van der Waals surface area contributed by atoms with Crippen molar-refractivity contribution in [2.45, 2.75) is 303 Å². The van der Waals surface area contributed by atoms with Gasteiger partial charge in [0.1, 0.15) is 0 Å². The predicted octanol–water partition coefficient (Wildman–Crippen LogP) is 16.1. The minimum atomic E-state index is -0.185. The van der Waals surface area contributed by atoms with E-state index in [4.69, 9.17) is 19.8 Å². The molecule has 3 atom stereocenters. The van der Waals surface area contributed by atoms with Gasteiger partial charge in [0.15, 0.2) is 0 Å². The fourth-order valence-electron chi connectivity index (χ4n) is 9.07. The minimum Gasteiger partial charge on any atom is -0.357 e. The Labute approximate surface area is 466 Å². The molecule has 0 bridgehead atoms. The van der Waals surface area contributed by atoms with Crippen LogP contribution >= 0.6 is 0 Å². The third kappa shape index (κ3) is 37.9. The highest BCUT2D eigenvalue weighted by atomic mass is 16.7. The van der Waals surface area contributed by atoms with Gasteiger partial charge in [-0.15, -0.1) is 0 Å². The summed E-state index contributed by atoms with van der Waals surface area (Å²) in [4.78, 5) is 29.8. The molecule has 1 aromatic rings. The summed E-state index contributed by atoms with van der Waals surface area (Å²) in [6.45, 7) is 56.8. The molecule has 0 aliphatic heterocycles. The van der Waals surface area contributed by atoms with Crippen molar-refractivity contribution in [2.75, 3.05) is 89.1 Å². The second-order valence-electron chi connectivity index (χ2n) is 21.8. The Bertz CT molecular complexity index is 1290. The molecule has 12 nitrogen and oxygen atoms in total. The molecule has 0 fully saturated rings. The zero-order valence-corrected chi connectivity index (χ0v) is 55.3. The summed E-state index contributed by atoms with van der Waals surface area (Å²) in [5.41, 5.74) is 4.43. The van der Waals surface area contributed by atoms with Crippen LogP contribution in [-0.2, 0) is 4.84 Å². The molecule has 0 saturated heterocycles. The summed E-state index contributed by atoms with van der Waals surface area (Å²) < 4.78 is 0. The fraction of sp³-hybridized carbons (Fsp3) is 0.952. The number of nitrogens with two attached hydrogens (primary N) is 1. The van der Waals surface area contributed by atoms with Gasteiger partial charge in [0.2, 0.25) is 17.8 Å². The molecule has 3 unspecified atom stereocenters. The molecule has 0 aliphatic carbocycles. The minimum absolute atomic E-state index is 0.00651. The molecule has 0 spiro atoms. The second kappa shape index (κ2) is 51.9. The summed E-state index contributed by atoms with van der Waals surface area (Å²) in [5.74, 6) is 3.41. The van der Waals surface area contributed by atoms with Gasteiger partial charge in [-0.2, -0.15) is 20.0 Å². The van der Waals surface area contributed by atoms with E-state index in [1.165, 1.54) is 77.7 Å². The van der Waals surface area contributed by atoms with E-state index in [1.54, 1.807) is 0 Å². The largest absolute Gasteiger partial charge is 0.357 e. The molecule has 0 aliphatic rings. The number of hydrogen-bond donors (Lipinski definition) is 4. The fourth-order valence-corrected chi connectivity index (χ4v) is 9.07. The van der Waals surface area contributed by atoms with Gasteiger partial charge in [-0.1, -0.05) is 175 Å². The molecule has 0 radical (unpaired) electrons. The lowest BCUT2D eigenvalue weighted by atomic mass is 9.85. The molecule has 0 saturated carbocycles. The number of aromatic nitrogens is 3. The summed E-state index contributed by atoms with van der Waals surface area (Å²) >= 11 is 0. The molecule has 74 heavy (non-hydrogen) atoms. The van der Waals surface area contributed by atoms with Gasteiger partial charge in [0, 0.05) is 63.4 Å². The van der Waals surface area contributed by atoms with Crippen LogP contribution in [0.4, 0.5) is 17.8 Å². The molecule has 5 N–H and O–H groups in total. The zero-order chi connectivity index (χ0) is 58.2. The Morgan fingerprint density at radius 1 is 0.595 bits per heavy atom. The quantitative estimate of drug-likeness (QED) is 0.0370. The van der Waals surface area contributed by atoms with Crippen molar-refractivity contribution in [1.82, 2.24) is 35.5 Å². The van der Waals surface area contributed by atoms with Crippen LogP contribution in [0.5, 0.6) is 0 Å². The lowest BCUT2D eigenvalue weighted by Crippen LogP contribution is -2.57. The van der Waals surface area contributed by atoms with Crippen molar-refractivity contribution in [3.63, 3.8) is 0 Å². The first-order chi connectivity index (χ1) is 35.3. The number of nitrogens with one attached hydrogen (secondary N) is 3. The molecule has 1 heterocycles. The normalized spacial score (nSPS) is 12.7. The maximum absolute atomic E-state index is 6.69. The van der Waals surface area contributed by atoms with Crippen LogP contribution in [0.25, 0.3) is 0 Å². The Morgan fingerprint density at radius 3 is 1.61 bits per heavy atom. The lowest BCUT2D eigenvalue weighted by molar-refractivity contribution is -0.235. The molecule has 12 heteroatoms. The van der Waals surface area contributed by atoms with Crippen LogP contribution in [0.1, 0.15) is 274 Å². The highest BCUT2D eigenvalue weighted by molar-refractivity contribution is 5.45. The molecular formula is C62H139N11O. The molecule has 448 valence electrons. The Hall–Kier alpha value is -1.83. The number of nitrogens with zero attached hydrogens (tertiary/aromatic N) is 7. The van der Waals surface area contributed by atoms with Crippen molar-refractivity contribution in [3.8, 4) is 0 Å². The predicted molar refractivity (Wildman–Crippen MR) is 337 cm³/mol. The van der Waals surface area contributed by atoms with E-state index in [9.17, 15) is 0 Å². The topological polar surface area (TPSA) is 123 Å². The first-order valence-electron chi connectivity index (χ1n) is 31.4. The van der Waals surface area contributed by atoms with Gasteiger partial charge in [-0.05, 0) is 144 Å². The van der Waals surface area contributed by atoms with E-state index in [0.29, 0.717) is 11.9 Å². The van der Waals surface area contributed by atoms with Gasteiger partial charge >= 0.3 is 0 Å². The van der Waals surface area contributed by atoms with E-state index in [-0.39, 0.29) is 28.8 Å². The Kier molecular flexibility index (Phi) is 56.8. The van der Waals surface area contributed by atoms with Crippen LogP contribution in [0.2, 0.25) is 0 Å². The zero-order valence-electron chi connectivity index (χ0n) is 55.3. The molecule has 1 rings (SSSR count). The van der Waals surface area contributed by atoms with Crippen LogP contribution in [0, 0.1) is 11.8 Å². The number of hydroxylamine groups is 2. The van der Waals surface area contributed by atoms with E-state index in [0.717, 1.165) is 115 Å². The number of unbranched alkanes of at least 4 members (excludes halogenated alkanes) is 6. The monoisotopic (exact) mass is 1050 g/mol. The first-order valence-corrected chi connectivity index (χ1v) is 31.4. The standard InChI is InChI=1S/C48H98N8O.C7H18N2.3C2H6.CH5N/c1-18-24-27-29-34-55(35-33-47(11,12)56(46(9,10)23-6)38-40(22-5)31-28-25-19-2)45-51-43(49-15)50-44(52-45)53(16)41(36-39(7)8)37-48(13,14)54(17)57-42(30-21-4)32-26-20-3;1-3-8-6-5-7-9-4-2;4*1-2/h39-42H,18-38H2,1-17H3,(H,49,50,51,52);8-9H,3-7H2,1-2H3;3*1-2H3;2H2,1H3. The van der Waals surface area contributed by atoms with E-state index in [1.807, 2.05) is 48.6 Å². The summed E-state index contributed by atoms with van der Waals surface area (Å²) in [6, 6.07) is 0.219. The third-order valence-corrected chi connectivity index (χ3v) is 14.2. The lowest BCUT2D eigenvalue weighted by Gasteiger charge is -2.50. The molecule has 0 aromatic carbocycles. The maximum Gasteiger partial charge on any atom is 0.231 e. The molecule has 1 aromatic heterocycles. The number of hydrogen-bond acceptors (Lipinski definition) is 12. The van der Waals surface area contributed by atoms with Gasteiger partial charge in [-0.3, -0.25) is 9.74 Å². The van der Waals surface area contributed by atoms with Crippen molar-refractivity contribution in [2.24, 2.45) is 17.6 Å². The van der Waals surface area contributed by atoms with Crippen LogP contribution in [0.15, 0.2) is 0 Å². The SMILES string of the molecule is CC.CC.CC.CCCCCCN(CCC(C)(C)N(CC(CC)CCCCC)C(C)(C)CC)c1nc(NC)nc(N(C)C(CC(C)C)CC(C)(C)N(C)OC(CCC)CCCC)n1.CCNCCCNCC.CN. The highest BCUT2D eigenvalue weighted by Gasteiger charge is 2.38. The maximum atomic E-state index is 6.69. The Morgan fingerprint density at radius 2 is 1.14 bits per heavy atom. The highest BCUT2D eigenvalue weighted by Crippen LogP contribution is 2.34. The summed E-state index contributed by atoms with van der Waals surface area (Å²) in [5, 5.41) is 12.0. The summed E-state index contributed by atoms with van der Waals surface area (Å²) in [7, 11) is 7.75. The smallest absolute Gasteiger partial charge is 0.231 e. The summed E-state index contributed by atoms with van der Waals surface area (Å²) in [6.07, 6.45) is 22.7. The van der Waals surface area contributed by atoms with E-state index in [2.05, 4.69) is 166 Å². The van der Waals surface area contributed by atoms with Crippen LogP contribution in [0.3, 0.4) is 0 Å². The van der Waals surface area contributed by atoms with Gasteiger partial charge in [0.25, 0.3) is 0 Å². The van der Waals surface area contributed by atoms with Crippen molar-refractivity contribution < 1.29 is 4.84 Å². The molecular weight excluding hydrogens is 915 g/mol. The third-order valence-electron chi connectivity index (χ3n) is 14.2. The second-order valence-corrected chi connectivity index (χ2v) is 21.8. The first kappa shape index (κ1) is 81.0. The number of anilines is 3. The molecule has 0 amide bonds. The van der Waals surface area contributed by atoms with E-state index >= 15 is 0 Å². The van der Waals surface area contributed by atoms with E-state index < -0.39 is 0 Å². The van der Waals surface area contributed by atoms with Gasteiger partial charge in [0.05, 0.1) is 6.10 Å². The van der Waals surface area contributed by atoms with Crippen molar-refractivity contribution in [1.29, 1.82) is 0 Å². The van der Waals surface area contributed by atoms with Crippen molar-refractivity contribution >= 4 is 17.8 Å². The average Bonchev–Trinajstić information content (AvgIpc) is 3.40. The van der Waals surface area contributed by atoms with Gasteiger partial charge < -0.3 is 31.5 Å². The average molecular weight is 1050 g/mol. The van der Waals surface area contributed by atoms with Crippen molar-refractivity contribution in [3.05, 3.63) is 0 Å². The van der Waals surface area contributed by atoms with Gasteiger partial charge in [-0.25, -0.2) is 0 Å². The van der Waals surface area contributed by atoms with Crippen LogP contribution < -0.4 is 31.5 Å². The van der Waals surface area contributed by atoms with Crippen LogP contribution in [-0.4, -0.2) is 128 Å². The Balaban J connectivity index is -0.000000812.